The molecule has 2 N–H and O–H groups in total. The van der Waals surface area contributed by atoms with Gasteiger partial charge in [-0.05, 0) is 19.3 Å². The highest BCUT2D eigenvalue weighted by Gasteiger charge is 2.49. The molecule has 2 unspecified atom stereocenters. The van der Waals surface area contributed by atoms with Crippen LogP contribution in [0, 0.1) is 0 Å². The fourth-order valence-corrected chi connectivity index (χ4v) is 2.72. The molecular formula is C11H16BrN3O3. The van der Waals surface area contributed by atoms with Gasteiger partial charge in [0.2, 0.25) is 5.91 Å². The number of nitrogens with one attached hydrogen (secondary N) is 2. The van der Waals surface area contributed by atoms with Crippen LogP contribution in [0.4, 0.5) is 4.79 Å². The Morgan fingerprint density at radius 2 is 2.28 bits per heavy atom. The van der Waals surface area contributed by atoms with Crippen molar-refractivity contribution < 1.29 is 14.4 Å². The molecule has 100 valence electrons. The largest absolute Gasteiger partial charge is 0.339 e. The summed E-state index contributed by atoms with van der Waals surface area (Å²) in [6.45, 7) is 2.80. The number of hydrogen-bond acceptors (Lipinski definition) is 3. The Balaban J connectivity index is 2.12. The number of amides is 4. The Kier molecular flexibility index (Phi) is 3.61. The standard InChI is InChI=1S/C11H16BrN3O3/c1-2-7(12)8(16)15-5-3-4-11(6-15)9(17)13-10(18)14-11/h7H,2-6H2,1H3,(H2,13,14,17,18). The molecule has 2 aliphatic heterocycles. The van der Waals surface area contributed by atoms with Crippen molar-refractivity contribution in [2.75, 3.05) is 13.1 Å². The number of carbonyl (C=O) groups is 3. The summed E-state index contributed by atoms with van der Waals surface area (Å²) in [5.41, 5.74) is -0.925. The van der Waals surface area contributed by atoms with Gasteiger partial charge in [0, 0.05) is 6.54 Å². The molecule has 0 aliphatic carbocycles. The summed E-state index contributed by atoms with van der Waals surface area (Å²) >= 11 is 3.32. The van der Waals surface area contributed by atoms with E-state index >= 15 is 0 Å². The first kappa shape index (κ1) is 13.3. The number of halogens is 1. The lowest BCUT2D eigenvalue weighted by molar-refractivity contribution is -0.135. The Morgan fingerprint density at radius 1 is 1.56 bits per heavy atom. The van der Waals surface area contributed by atoms with Gasteiger partial charge in [0.15, 0.2) is 0 Å². The molecule has 2 heterocycles. The number of carbonyl (C=O) groups excluding carboxylic acids is 3. The second-order valence-electron chi connectivity index (χ2n) is 4.73. The predicted octanol–water partition coefficient (Wildman–Crippen LogP) is 0.361. The van der Waals surface area contributed by atoms with Crippen molar-refractivity contribution in [1.29, 1.82) is 0 Å². The minimum atomic E-state index is -0.925. The highest BCUT2D eigenvalue weighted by atomic mass is 79.9. The van der Waals surface area contributed by atoms with Gasteiger partial charge in [-0.3, -0.25) is 14.9 Å². The monoisotopic (exact) mass is 317 g/mol. The lowest BCUT2D eigenvalue weighted by Crippen LogP contribution is -2.60. The van der Waals surface area contributed by atoms with E-state index in [0.29, 0.717) is 25.8 Å². The zero-order valence-electron chi connectivity index (χ0n) is 10.2. The molecule has 0 aromatic heterocycles. The number of alkyl halides is 1. The van der Waals surface area contributed by atoms with Gasteiger partial charge in [0.05, 0.1) is 11.4 Å². The number of imide groups is 1. The van der Waals surface area contributed by atoms with E-state index in [1.807, 2.05) is 6.92 Å². The van der Waals surface area contributed by atoms with Gasteiger partial charge in [0.1, 0.15) is 5.54 Å². The second kappa shape index (κ2) is 4.87. The van der Waals surface area contributed by atoms with Crippen LogP contribution in [0.1, 0.15) is 26.2 Å². The molecule has 2 aliphatic rings. The lowest BCUT2D eigenvalue weighted by atomic mass is 9.89. The van der Waals surface area contributed by atoms with Crippen LogP contribution in [-0.2, 0) is 9.59 Å². The van der Waals surface area contributed by atoms with Crippen LogP contribution in [-0.4, -0.2) is 46.2 Å². The van der Waals surface area contributed by atoms with E-state index < -0.39 is 11.6 Å². The Labute approximate surface area is 114 Å². The van der Waals surface area contributed by atoms with Crippen LogP contribution in [0.25, 0.3) is 0 Å². The van der Waals surface area contributed by atoms with Gasteiger partial charge in [-0.1, -0.05) is 22.9 Å². The van der Waals surface area contributed by atoms with Crippen molar-refractivity contribution in [3.8, 4) is 0 Å². The van der Waals surface area contributed by atoms with Crippen LogP contribution in [0.15, 0.2) is 0 Å². The zero-order chi connectivity index (χ0) is 13.3. The summed E-state index contributed by atoms with van der Waals surface area (Å²) in [5, 5.41) is 4.89. The predicted molar refractivity (Wildman–Crippen MR) is 68.2 cm³/mol. The maximum absolute atomic E-state index is 12.1. The molecule has 2 saturated heterocycles. The van der Waals surface area contributed by atoms with Crippen LogP contribution in [0.5, 0.6) is 0 Å². The molecule has 1 spiro atoms. The molecule has 4 amide bonds. The maximum atomic E-state index is 12.1. The normalized spacial score (nSPS) is 29.1. The van der Waals surface area contributed by atoms with Crippen LogP contribution < -0.4 is 10.6 Å². The van der Waals surface area contributed by atoms with Crippen molar-refractivity contribution in [2.24, 2.45) is 0 Å². The van der Waals surface area contributed by atoms with Gasteiger partial charge in [-0.15, -0.1) is 0 Å². The molecule has 2 rings (SSSR count). The molecule has 0 bridgehead atoms. The zero-order valence-corrected chi connectivity index (χ0v) is 11.7. The lowest BCUT2D eigenvalue weighted by Gasteiger charge is -2.38. The highest BCUT2D eigenvalue weighted by Crippen LogP contribution is 2.25. The van der Waals surface area contributed by atoms with Gasteiger partial charge < -0.3 is 10.2 Å². The van der Waals surface area contributed by atoms with E-state index in [2.05, 4.69) is 26.6 Å². The minimum Gasteiger partial charge on any atom is -0.339 e. The molecule has 2 atom stereocenters. The van der Waals surface area contributed by atoms with Crippen LogP contribution >= 0.6 is 15.9 Å². The minimum absolute atomic E-state index is 0.0227. The van der Waals surface area contributed by atoms with Gasteiger partial charge in [-0.2, -0.15) is 0 Å². The maximum Gasteiger partial charge on any atom is 0.322 e. The Morgan fingerprint density at radius 3 is 2.83 bits per heavy atom. The van der Waals surface area contributed by atoms with Crippen LogP contribution in [0.2, 0.25) is 0 Å². The first-order valence-electron chi connectivity index (χ1n) is 6.05. The van der Waals surface area contributed by atoms with E-state index in [-0.39, 0.29) is 23.2 Å². The third-order valence-corrected chi connectivity index (χ3v) is 4.48. The van der Waals surface area contributed by atoms with E-state index in [0.717, 1.165) is 0 Å². The molecule has 0 aromatic rings. The van der Waals surface area contributed by atoms with Crippen molar-refractivity contribution in [3.63, 3.8) is 0 Å². The molecule has 18 heavy (non-hydrogen) atoms. The fourth-order valence-electron chi connectivity index (χ4n) is 2.43. The van der Waals surface area contributed by atoms with Crippen molar-refractivity contribution in [3.05, 3.63) is 0 Å². The first-order chi connectivity index (χ1) is 8.48. The highest BCUT2D eigenvalue weighted by molar-refractivity contribution is 9.10. The second-order valence-corrected chi connectivity index (χ2v) is 5.83. The third-order valence-electron chi connectivity index (χ3n) is 3.44. The third kappa shape index (κ3) is 2.23. The van der Waals surface area contributed by atoms with E-state index in [4.69, 9.17) is 0 Å². The molecule has 2 fully saturated rings. The molecule has 0 saturated carbocycles. The quantitative estimate of drug-likeness (QED) is 0.570. The van der Waals surface area contributed by atoms with E-state index in [1.165, 1.54) is 0 Å². The molecule has 0 radical (unpaired) electrons. The summed E-state index contributed by atoms with van der Waals surface area (Å²) in [4.78, 5) is 36.6. The van der Waals surface area contributed by atoms with Crippen molar-refractivity contribution >= 4 is 33.8 Å². The van der Waals surface area contributed by atoms with Gasteiger partial charge >= 0.3 is 6.03 Å². The van der Waals surface area contributed by atoms with E-state index in [9.17, 15) is 14.4 Å². The van der Waals surface area contributed by atoms with E-state index in [1.54, 1.807) is 4.90 Å². The SMILES string of the molecule is CCC(Br)C(=O)N1CCCC2(C1)NC(=O)NC2=O. The average molecular weight is 318 g/mol. The molecule has 7 heteroatoms. The summed E-state index contributed by atoms with van der Waals surface area (Å²) in [7, 11) is 0. The van der Waals surface area contributed by atoms with Crippen molar-refractivity contribution in [1.82, 2.24) is 15.5 Å². The summed E-state index contributed by atoms with van der Waals surface area (Å²) in [6.07, 6.45) is 1.98. The van der Waals surface area contributed by atoms with Gasteiger partial charge in [-0.25, -0.2) is 4.79 Å². The number of piperidine rings is 1. The van der Waals surface area contributed by atoms with Crippen LogP contribution in [0.3, 0.4) is 0 Å². The number of rotatable bonds is 2. The first-order valence-corrected chi connectivity index (χ1v) is 6.96. The van der Waals surface area contributed by atoms with Gasteiger partial charge in [0.25, 0.3) is 5.91 Å². The smallest absolute Gasteiger partial charge is 0.322 e. The summed E-state index contributed by atoms with van der Waals surface area (Å²) < 4.78 is 0. The Bertz CT molecular complexity index is 401. The molecule has 0 aromatic carbocycles. The Hall–Kier alpha value is -1.11. The number of urea groups is 1. The molecular weight excluding hydrogens is 302 g/mol. The topological polar surface area (TPSA) is 78.5 Å². The fraction of sp³-hybridized carbons (Fsp3) is 0.727. The summed E-state index contributed by atoms with van der Waals surface area (Å²) in [5.74, 6) is -0.349. The number of likely N-dealkylation sites (tertiary alicyclic amines) is 1. The average Bonchev–Trinajstić information content (AvgIpc) is 2.62. The summed E-state index contributed by atoms with van der Waals surface area (Å²) in [6, 6.07) is -0.472. The molecule has 6 nitrogen and oxygen atoms in total. The van der Waals surface area contributed by atoms with Crippen molar-refractivity contribution in [2.45, 2.75) is 36.6 Å². The number of nitrogens with zero attached hydrogens (tertiary/aromatic N) is 1. The number of hydrogen-bond donors (Lipinski definition) is 2.